The van der Waals surface area contributed by atoms with Gasteiger partial charge in [-0.15, -0.1) is 0 Å². The van der Waals surface area contributed by atoms with Crippen LogP contribution in [0.2, 0.25) is 0 Å². The van der Waals surface area contributed by atoms with E-state index in [1.807, 2.05) is 0 Å². The van der Waals surface area contributed by atoms with Gasteiger partial charge < -0.3 is 14.4 Å². The number of benzene rings is 1. The molecule has 1 aromatic rings. The Labute approximate surface area is 124 Å². The normalized spacial score (nSPS) is 20.0. The van der Waals surface area contributed by atoms with Gasteiger partial charge in [-0.3, -0.25) is 4.79 Å². The lowest BCUT2D eigenvalue weighted by Crippen LogP contribution is -2.38. The summed E-state index contributed by atoms with van der Waals surface area (Å²) in [5.41, 5.74) is 0.364. The first-order valence-electron chi connectivity index (χ1n) is 6.58. The van der Waals surface area contributed by atoms with Crippen molar-refractivity contribution in [3.63, 3.8) is 0 Å². The quantitative estimate of drug-likeness (QED) is 0.828. The predicted molar refractivity (Wildman–Crippen MR) is 78.7 cm³/mol. The number of hydrogen-bond acceptors (Lipinski definition) is 5. The standard InChI is InChI=1S/C14H19NO5S/c1-15(10-7-8-21(17,18)9-10)14(16)11-5-4-6-12(19-2)13(11)20-3/h4-6,10H,7-9H2,1-3H3/t10-/m0/s1. The molecule has 0 aromatic heterocycles. The highest BCUT2D eigenvalue weighted by Crippen LogP contribution is 2.32. The second-order valence-electron chi connectivity index (χ2n) is 5.01. The Balaban J connectivity index is 2.28. The first kappa shape index (κ1) is 15.6. The van der Waals surface area contributed by atoms with Gasteiger partial charge in [0.2, 0.25) is 0 Å². The van der Waals surface area contributed by atoms with E-state index in [1.165, 1.54) is 19.1 Å². The van der Waals surface area contributed by atoms with Crippen LogP contribution in [0.3, 0.4) is 0 Å². The highest BCUT2D eigenvalue weighted by atomic mass is 32.2. The Kier molecular flexibility index (Phi) is 4.41. The summed E-state index contributed by atoms with van der Waals surface area (Å²) in [5.74, 6) is 0.702. The zero-order valence-electron chi connectivity index (χ0n) is 12.3. The molecule has 1 fully saturated rings. The maximum Gasteiger partial charge on any atom is 0.257 e. The van der Waals surface area contributed by atoms with Crippen molar-refractivity contribution >= 4 is 15.7 Å². The molecule has 1 aromatic carbocycles. The number of hydrogen-bond donors (Lipinski definition) is 0. The molecule has 0 bridgehead atoms. The van der Waals surface area contributed by atoms with E-state index in [0.717, 1.165) is 0 Å². The van der Waals surface area contributed by atoms with E-state index >= 15 is 0 Å². The number of para-hydroxylation sites is 1. The maximum absolute atomic E-state index is 12.6. The van der Waals surface area contributed by atoms with Gasteiger partial charge in [-0.1, -0.05) is 6.07 Å². The van der Waals surface area contributed by atoms with Crippen LogP contribution in [0.15, 0.2) is 18.2 Å². The van der Waals surface area contributed by atoms with Crippen LogP contribution in [-0.4, -0.2) is 58.0 Å². The van der Waals surface area contributed by atoms with E-state index in [0.29, 0.717) is 23.5 Å². The SMILES string of the molecule is COc1cccc(C(=O)N(C)[C@H]2CCS(=O)(=O)C2)c1OC. The Bertz CT molecular complexity index is 641. The van der Waals surface area contributed by atoms with Gasteiger partial charge in [-0.2, -0.15) is 0 Å². The highest BCUT2D eigenvalue weighted by molar-refractivity contribution is 7.91. The van der Waals surface area contributed by atoms with E-state index in [4.69, 9.17) is 9.47 Å². The smallest absolute Gasteiger partial charge is 0.257 e. The van der Waals surface area contributed by atoms with Gasteiger partial charge in [0.25, 0.3) is 5.91 Å². The van der Waals surface area contributed by atoms with Crippen molar-refractivity contribution < 1.29 is 22.7 Å². The number of amides is 1. The lowest BCUT2D eigenvalue weighted by molar-refractivity contribution is 0.0743. The molecule has 116 valence electrons. The van der Waals surface area contributed by atoms with Gasteiger partial charge in [0, 0.05) is 13.1 Å². The number of carbonyl (C=O) groups is 1. The molecule has 1 aliphatic heterocycles. The van der Waals surface area contributed by atoms with Crippen LogP contribution in [0.4, 0.5) is 0 Å². The zero-order valence-corrected chi connectivity index (χ0v) is 13.1. The van der Waals surface area contributed by atoms with Crippen molar-refractivity contribution in [3.8, 4) is 11.5 Å². The number of sulfone groups is 1. The summed E-state index contributed by atoms with van der Waals surface area (Å²) in [4.78, 5) is 14.1. The van der Waals surface area contributed by atoms with Crippen LogP contribution in [0, 0.1) is 0 Å². The highest BCUT2D eigenvalue weighted by Gasteiger charge is 2.34. The summed E-state index contributed by atoms with van der Waals surface area (Å²) in [7, 11) is 1.55. The van der Waals surface area contributed by atoms with Crippen LogP contribution >= 0.6 is 0 Å². The van der Waals surface area contributed by atoms with Crippen LogP contribution in [0.1, 0.15) is 16.8 Å². The first-order chi connectivity index (χ1) is 9.89. The molecular weight excluding hydrogens is 294 g/mol. The summed E-state index contributed by atoms with van der Waals surface area (Å²) in [6.07, 6.45) is 0.469. The second-order valence-corrected chi connectivity index (χ2v) is 7.24. The van der Waals surface area contributed by atoms with Gasteiger partial charge >= 0.3 is 0 Å². The predicted octanol–water partition coefficient (Wildman–Crippen LogP) is 0.963. The lowest BCUT2D eigenvalue weighted by atomic mass is 10.1. The maximum atomic E-state index is 12.6. The molecular formula is C14H19NO5S. The molecule has 1 aliphatic rings. The van der Waals surface area contributed by atoms with Crippen molar-refractivity contribution in [2.24, 2.45) is 0 Å². The number of carbonyl (C=O) groups excluding carboxylic acids is 1. The third-order valence-corrected chi connectivity index (χ3v) is 5.46. The average molecular weight is 313 g/mol. The molecule has 0 spiro atoms. The van der Waals surface area contributed by atoms with E-state index in [-0.39, 0.29) is 23.5 Å². The number of methoxy groups -OCH3 is 2. The zero-order chi connectivity index (χ0) is 15.6. The third-order valence-electron chi connectivity index (χ3n) is 3.71. The molecule has 2 rings (SSSR count). The molecule has 0 N–H and O–H groups in total. The van der Waals surface area contributed by atoms with Crippen molar-refractivity contribution in [1.82, 2.24) is 4.90 Å². The van der Waals surface area contributed by atoms with Gasteiger partial charge in [-0.25, -0.2) is 8.42 Å². The van der Waals surface area contributed by atoms with E-state index < -0.39 is 9.84 Å². The van der Waals surface area contributed by atoms with Crippen molar-refractivity contribution in [1.29, 1.82) is 0 Å². The molecule has 0 saturated carbocycles. The number of nitrogens with zero attached hydrogens (tertiary/aromatic N) is 1. The second kappa shape index (κ2) is 5.93. The molecule has 0 unspecified atom stereocenters. The van der Waals surface area contributed by atoms with Gasteiger partial charge in [0.1, 0.15) is 0 Å². The molecule has 0 aliphatic carbocycles. The Morgan fingerprint density at radius 1 is 1.29 bits per heavy atom. The lowest BCUT2D eigenvalue weighted by Gasteiger charge is -2.24. The van der Waals surface area contributed by atoms with E-state index in [2.05, 4.69) is 0 Å². The van der Waals surface area contributed by atoms with Crippen LogP contribution in [0.25, 0.3) is 0 Å². The topological polar surface area (TPSA) is 72.9 Å². The Morgan fingerprint density at radius 3 is 2.52 bits per heavy atom. The summed E-state index contributed by atoms with van der Waals surface area (Å²) < 4.78 is 33.5. The molecule has 0 radical (unpaired) electrons. The average Bonchev–Trinajstić information content (AvgIpc) is 2.84. The minimum absolute atomic E-state index is 0.0154. The molecule has 21 heavy (non-hydrogen) atoms. The molecule has 1 saturated heterocycles. The van der Waals surface area contributed by atoms with Crippen molar-refractivity contribution in [3.05, 3.63) is 23.8 Å². The Hall–Kier alpha value is -1.76. The van der Waals surface area contributed by atoms with Gasteiger partial charge in [-0.05, 0) is 18.6 Å². The summed E-state index contributed by atoms with van der Waals surface area (Å²) in [6.45, 7) is 0. The van der Waals surface area contributed by atoms with Crippen LogP contribution in [0.5, 0.6) is 11.5 Å². The van der Waals surface area contributed by atoms with Gasteiger partial charge in [0.05, 0.1) is 31.3 Å². The summed E-state index contributed by atoms with van der Waals surface area (Å²) in [5, 5.41) is 0. The minimum Gasteiger partial charge on any atom is -0.493 e. The molecule has 6 nitrogen and oxygen atoms in total. The summed E-state index contributed by atoms with van der Waals surface area (Å²) in [6, 6.07) is 4.76. The summed E-state index contributed by atoms with van der Waals surface area (Å²) >= 11 is 0. The molecule has 1 heterocycles. The van der Waals surface area contributed by atoms with Crippen LogP contribution < -0.4 is 9.47 Å². The van der Waals surface area contributed by atoms with Gasteiger partial charge in [0.15, 0.2) is 21.3 Å². The fraction of sp³-hybridized carbons (Fsp3) is 0.500. The molecule has 1 amide bonds. The van der Waals surface area contributed by atoms with E-state index in [9.17, 15) is 13.2 Å². The fourth-order valence-electron chi connectivity index (χ4n) is 2.49. The van der Waals surface area contributed by atoms with Crippen molar-refractivity contribution in [2.75, 3.05) is 32.8 Å². The monoisotopic (exact) mass is 313 g/mol. The van der Waals surface area contributed by atoms with E-state index in [1.54, 1.807) is 25.2 Å². The molecule has 7 heteroatoms. The fourth-order valence-corrected chi connectivity index (χ4v) is 4.27. The van der Waals surface area contributed by atoms with Crippen molar-refractivity contribution in [2.45, 2.75) is 12.5 Å². The third kappa shape index (κ3) is 3.12. The largest absolute Gasteiger partial charge is 0.493 e. The molecule has 1 atom stereocenters. The first-order valence-corrected chi connectivity index (χ1v) is 8.40. The van der Waals surface area contributed by atoms with Crippen LogP contribution in [-0.2, 0) is 9.84 Å². The number of ether oxygens (including phenoxy) is 2. The number of rotatable bonds is 4. The minimum atomic E-state index is -3.03. The Morgan fingerprint density at radius 2 is 2.00 bits per heavy atom.